The highest BCUT2D eigenvalue weighted by Crippen LogP contribution is 2.30. The molecule has 1 aromatic carbocycles. The van der Waals surface area contributed by atoms with Crippen molar-refractivity contribution in [2.45, 2.75) is 43.2 Å². The summed E-state index contributed by atoms with van der Waals surface area (Å²) in [5.74, 6) is 0. The maximum absolute atomic E-state index is 2.71. The molecule has 0 aromatic heterocycles. The lowest BCUT2D eigenvalue weighted by Crippen LogP contribution is -2.56. The van der Waals surface area contributed by atoms with Crippen LogP contribution in [0.15, 0.2) is 29.2 Å². The molecule has 2 aliphatic heterocycles. The Balaban J connectivity index is 1.80. The summed E-state index contributed by atoms with van der Waals surface area (Å²) in [5, 5.41) is 0. The molecule has 0 spiro atoms. The van der Waals surface area contributed by atoms with Crippen LogP contribution < -0.4 is 4.90 Å². The number of hydrogen-bond acceptors (Lipinski definition) is 3. The Morgan fingerprint density at radius 3 is 2.68 bits per heavy atom. The second-order valence-electron chi connectivity index (χ2n) is 5.70. The number of benzene rings is 1. The van der Waals surface area contributed by atoms with Gasteiger partial charge in [0.05, 0.1) is 0 Å². The van der Waals surface area contributed by atoms with Gasteiger partial charge in [0.25, 0.3) is 0 Å². The van der Waals surface area contributed by atoms with Gasteiger partial charge in [-0.25, -0.2) is 0 Å². The molecule has 2 saturated heterocycles. The highest BCUT2D eigenvalue weighted by atomic mass is 32.2. The number of piperazine rings is 1. The lowest BCUT2D eigenvalue weighted by Gasteiger charge is -2.45. The van der Waals surface area contributed by atoms with Crippen LogP contribution in [0.3, 0.4) is 0 Å². The van der Waals surface area contributed by atoms with Gasteiger partial charge in [-0.3, -0.25) is 4.90 Å². The molecule has 0 bridgehead atoms. The molecule has 3 rings (SSSR count). The summed E-state index contributed by atoms with van der Waals surface area (Å²) in [6.07, 6.45) is 6.16. The zero-order valence-electron chi connectivity index (χ0n) is 12.0. The maximum atomic E-state index is 2.71. The van der Waals surface area contributed by atoms with Crippen molar-refractivity contribution in [2.75, 3.05) is 30.8 Å². The minimum absolute atomic E-state index is 0.689. The summed E-state index contributed by atoms with van der Waals surface area (Å²) in [7, 11) is 0. The van der Waals surface area contributed by atoms with Crippen LogP contribution in [0.4, 0.5) is 5.69 Å². The average Bonchev–Trinajstić information content (AvgIpc) is 2.93. The Labute approximate surface area is 121 Å². The van der Waals surface area contributed by atoms with E-state index in [-0.39, 0.29) is 0 Å². The fourth-order valence-electron chi connectivity index (χ4n) is 3.53. The third kappa shape index (κ3) is 2.63. The van der Waals surface area contributed by atoms with Gasteiger partial charge in [0, 0.05) is 35.8 Å². The molecule has 3 heteroatoms. The molecule has 104 valence electrons. The van der Waals surface area contributed by atoms with E-state index in [9.17, 15) is 0 Å². The van der Waals surface area contributed by atoms with Crippen molar-refractivity contribution >= 4 is 17.4 Å². The van der Waals surface area contributed by atoms with E-state index >= 15 is 0 Å². The second-order valence-corrected chi connectivity index (χ2v) is 6.58. The normalized spacial score (nSPS) is 27.6. The summed E-state index contributed by atoms with van der Waals surface area (Å²) >= 11 is 1.82. The van der Waals surface area contributed by atoms with Crippen LogP contribution in [0.5, 0.6) is 0 Å². The monoisotopic (exact) mass is 276 g/mol. The molecular formula is C16H24N2S. The van der Waals surface area contributed by atoms with Crippen molar-refractivity contribution in [3.8, 4) is 0 Å². The number of fused-ring (bicyclic) bond motifs is 1. The number of anilines is 1. The number of nitrogens with zero attached hydrogens (tertiary/aromatic N) is 2. The van der Waals surface area contributed by atoms with Crippen molar-refractivity contribution in [3.63, 3.8) is 0 Å². The van der Waals surface area contributed by atoms with Gasteiger partial charge in [0.2, 0.25) is 0 Å². The zero-order chi connectivity index (χ0) is 13.2. The molecule has 2 unspecified atom stereocenters. The average molecular weight is 276 g/mol. The topological polar surface area (TPSA) is 6.48 Å². The Morgan fingerprint density at radius 1 is 1.21 bits per heavy atom. The summed E-state index contributed by atoms with van der Waals surface area (Å²) in [4.78, 5) is 6.72. The Morgan fingerprint density at radius 2 is 2.00 bits per heavy atom. The summed E-state index contributed by atoms with van der Waals surface area (Å²) in [6.45, 7) is 6.12. The van der Waals surface area contributed by atoms with E-state index in [2.05, 4.69) is 47.2 Å². The highest BCUT2D eigenvalue weighted by molar-refractivity contribution is 7.98. The highest BCUT2D eigenvalue weighted by Gasteiger charge is 2.35. The second kappa shape index (κ2) is 5.76. The zero-order valence-corrected chi connectivity index (χ0v) is 12.8. The molecule has 0 N–H and O–H groups in total. The summed E-state index contributed by atoms with van der Waals surface area (Å²) < 4.78 is 0. The molecule has 0 radical (unpaired) electrons. The molecular weight excluding hydrogens is 252 g/mol. The van der Waals surface area contributed by atoms with Gasteiger partial charge < -0.3 is 4.90 Å². The molecule has 2 atom stereocenters. The van der Waals surface area contributed by atoms with E-state index in [0.29, 0.717) is 6.04 Å². The molecule has 0 saturated carbocycles. The minimum Gasteiger partial charge on any atom is -0.366 e. The van der Waals surface area contributed by atoms with E-state index in [1.54, 1.807) is 0 Å². The number of thioether (sulfide) groups is 1. The smallest absolute Gasteiger partial charge is 0.0415 e. The fraction of sp³-hybridized carbons (Fsp3) is 0.625. The van der Waals surface area contributed by atoms with Gasteiger partial charge in [-0.2, -0.15) is 0 Å². The van der Waals surface area contributed by atoms with Gasteiger partial charge >= 0.3 is 0 Å². The predicted molar refractivity (Wildman–Crippen MR) is 84.2 cm³/mol. The van der Waals surface area contributed by atoms with Crippen LogP contribution >= 0.6 is 11.8 Å². The molecule has 19 heavy (non-hydrogen) atoms. The van der Waals surface area contributed by atoms with Crippen molar-refractivity contribution < 1.29 is 0 Å². The van der Waals surface area contributed by atoms with E-state index in [0.717, 1.165) is 6.04 Å². The molecule has 0 aliphatic carbocycles. The molecule has 0 amide bonds. The van der Waals surface area contributed by atoms with E-state index in [4.69, 9.17) is 0 Å². The lowest BCUT2D eigenvalue weighted by molar-refractivity contribution is 0.195. The van der Waals surface area contributed by atoms with Crippen LogP contribution in [0.1, 0.15) is 26.2 Å². The fourth-order valence-corrected chi connectivity index (χ4v) is 3.94. The first-order valence-electron chi connectivity index (χ1n) is 7.46. The van der Waals surface area contributed by atoms with Gasteiger partial charge in [-0.1, -0.05) is 6.92 Å². The molecule has 2 aliphatic rings. The van der Waals surface area contributed by atoms with Gasteiger partial charge in [0.15, 0.2) is 0 Å². The van der Waals surface area contributed by atoms with Crippen molar-refractivity contribution in [2.24, 2.45) is 0 Å². The Kier molecular flexibility index (Phi) is 4.04. The van der Waals surface area contributed by atoms with Crippen LogP contribution in [-0.4, -0.2) is 42.9 Å². The van der Waals surface area contributed by atoms with Crippen molar-refractivity contribution in [1.29, 1.82) is 0 Å². The van der Waals surface area contributed by atoms with Crippen LogP contribution in [0.25, 0.3) is 0 Å². The van der Waals surface area contributed by atoms with Gasteiger partial charge in [0.1, 0.15) is 0 Å². The quantitative estimate of drug-likeness (QED) is 0.781. The van der Waals surface area contributed by atoms with Crippen LogP contribution in [0.2, 0.25) is 0 Å². The van der Waals surface area contributed by atoms with Crippen LogP contribution in [0, 0.1) is 0 Å². The SMILES string of the molecule is CCC1CN2CCCC2CN1c1ccc(SC)cc1. The van der Waals surface area contributed by atoms with Crippen LogP contribution in [-0.2, 0) is 0 Å². The molecule has 2 heterocycles. The van der Waals surface area contributed by atoms with Crippen molar-refractivity contribution in [1.82, 2.24) is 4.90 Å². The first-order chi connectivity index (χ1) is 9.31. The van der Waals surface area contributed by atoms with E-state index in [1.807, 2.05) is 11.8 Å². The van der Waals surface area contributed by atoms with E-state index < -0.39 is 0 Å². The lowest BCUT2D eigenvalue weighted by atomic mass is 10.0. The van der Waals surface area contributed by atoms with Gasteiger partial charge in [-0.05, 0) is 56.3 Å². The number of hydrogen-bond donors (Lipinski definition) is 0. The van der Waals surface area contributed by atoms with E-state index in [1.165, 1.54) is 49.5 Å². The Hall–Kier alpha value is -0.670. The first-order valence-corrected chi connectivity index (χ1v) is 8.69. The maximum Gasteiger partial charge on any atom is 0.0415 e. The largest absolute Gasteiger partial charge is 0.366 e. The minimum atomic E-state index is 0.689. The molecule has 2 fully saturated rings. The standard InChI is InChI=1S/C16H24N2S/c1-3-13-11-17-10-4-5-15(17)12-18(13)14-6-8-16(19-2)9-7-14/h6-9,13,15H,3-5,10-12H2,1-2H3. The summed E-state index contributed by atoms with van der Waals surface area (Å²) in [6, 6.07) is 10.6. The predicted octanol–water partition coefficient (Wildman–Crippen LogP) is 3.47. The molecule has 2 nitrogen and oxygen atoms in total. The van der Waals surface area contributed by atoms with Gasteiger partial charge in [-0.15, -0.1) is 11.8 Å². The first kappa shape index (κ1) is 13.3. The Bertz CT molecular complexity index is 417. The van der Waals surface area contributed by atoms with Crippen molar-refractivity contribution in [3.05, 3.63) is 24.3 Å². The third-order valence-electron chi connectivity index (χ3n) is 4.67. The number of rotatable bonds is 3. The molecule has 1 aromatic rings. The third-order valence-corrected chi connectivity index (χ3v) is 5.41. The summed E-state index contributed by atoms with van der Waals surface area (Å²) in [5.41, 5.74) is 1.41.